The fourth-order valence-corrected chi connectivity index (χ4v) is 3.20. The van der Waals surface area contributed by atoms with Crippen LogP contribution in [0.4, 0.5) is 0 Å². The van der Waals surface area contributed by atoms with E-state index in [2.05, 4.69) is 11.4 Å². The van der Waals surface area contributed by atoms with Gasteiger partial charge in [0.05, 0.1) is 6.04 Å². The van der Waals surface area contributed by atoms with Gasteiger partial charge in [0.2, 0.25) is 0 Å². The minimum Gasteiger partial charge on any atom is -0.451 e. The normalized spacial score (nSPS) is 16.0. The molecule has 1 aliphatic rings. The van der Waals surface area contributed by atoms with E-state index in [1.165, 1.54) is 11.6 Å². The lowest BCUT2D eigenvalue weighted by molar-refractivity contribution is -0.144. The van der Waals surface area contributed by atoms with E-state index in [0.29, 0.717) is 5.56 Å². The van der Waals surface area contributed by atoms with Crippen molar-refractivity contribution in [2.45, 2.75) is 25.3 Å². The van der Waals surface area contributed by atoms with Gasteiger partial charge in [0.25, 0.3) is 5.91 Å². The highest BCUT2D eigenvalue weighted by Crippen LogP contribution is 2.29. The van der Waals surface area contributed by atoms with Crippen LogP contribution in [0.1, 0.15) is 35.6 Å². The molecule has 1 unspecified atom stereocenters. The van der Waals surface area contributed by atoms with Gasteiger partial charge in [0.1, 0.15) is 11.6 Å². The lowest BCUT2D eigenvalue weighted by Crippen LogP contribution is -2.34. The molecule has 136 valence electrons. The van der Waals surface area contributed by atoms with Crippen molar-refractivity contribution in [1.29, 1.82) is 5.26 Å². The Balaban J connectivity index is 1.57. The maximum Gasteiger partial charge on any atom is 0.349 e. The van der Waals surface area contributed by atoms with Gasteiger partial charge in [-0.05, 0) is 42.0 Å². The average Bonchev–Trinajstić information content (AvgIpc) is 2.71. The highest BCUT2D eigenvalue weighted by atomic mass is 16.5. The molecule has 0 heterocycles. The molecule has 0 spiro atoms. The summed E-state index contributed by atoms with van der Waals surface area (Å²) >= 11 is 0. The van der Waals surface area contributed by atoms with Crippen molar-refractivity contribution in [3.05, 3.63) is 76.9 Å². The molecule has 27 heavy (non-hydrogen) atoms. The number of carbonyl (C=O) groups is 2. The van der Waals surface area contributed by atoms with Gasteiger partial charge in [0.15, 0.2) is 6.61 Å². The minimum atomic E-state index is -0.805. The van der Waals surface area contributed by atoms with E-state index in [9.17, 15) is 14.9 Å². The number of aryl methyl sites for hydroxylation is 1. The molecule has 2 aromatic rings. The highest BCUT2D eigenvalue weighted by molar-refractivity contribution is 5.98. The highest BCUT2D eigenvalue weighted by Gasteiger charge is 2.22. The topological polar surface area (TPSA) is 79.2 Å². The third-order valence-corrected chi connectivity index (χ3v) is 4.49. The summed E-state index contributed by atoms with van der Waals surface area (Å²) in [5, 5.41) is 12.1. The summed E-state index contributed by atoms with van der Waals surface area (Å²) in [4.78, 5) is 24.3. The molecular weight excluding hydrogens is 340 g/mol. The van der Waals surface area contributed by atoms with Gasteiger partial charge >= 0.3 is 5.97 Å². The number of hydrogen-bond acceptors (Lipinski definition) is 4. The van der Waals surface area contributed by atoms with Crippen LogP contribution in [-0.2, 0) is 20.7 Å². The molecule has 1 atom stereocenters. The summed E-state index contributed by atoms with van der Waals surface area (Å²) in [6.45, 7) is -0.411. The fourth-order valence-electron chi connectivity index (χ4n) is 3.20. The van der Waals surface area contributed by atoms with E-state index in [1.54, 1.807) is 12.1 Å². The molecular formula is C22H20N2O3. The molecule has 5 nitrogen and oxygen atoms in total. The van der Waals surface area contributed by atoms with Crippen LogP contribution in [0.25, 0.3) is 6.08 Å². The number of nitriles is 1. The van der Waals surface area contributed by atoms with Gasteiger partial charge < -0.3 is 10.1 Å². The molecule has 0 aromatic heterocycles. The third kappa shape index (κ3) is 4.83. The van der Waals surface area contributed by atoms with E-state index < -0.39 is 12.6 Å². The van der Waals surface area contributed by atoms with Crippen molar-refractivity contribution in [3.63, 3.8) is 0 Å². The molecule has 0 saturated carbocycles. The number of esters is 1. The molecule has 0 bridgehead atoms. The Morgan fingerprint density at radius 1 is 1.15 bits per heavy atom. The minimum absolute atomic E-state index is 0.0727. The lowest BCUT2D eigenvalue weighted by Gasteiger charge is -2.26. The molecule has 2 aromatic carbocycles. The Kier molecular flexibility index (Phi) is 6.01. The first-order valence-corrected chi connectivity index (χ1v) is 8.88. The second-order valence-corrected chi connectivity index (χ2v) is 6.37. The van der Waals surface area contributed by atoms with Crippen LogP contribution in [0.3, 0.4) is 0 Å². The number of nitrogens with zero attached hydrogens (tertiary/aromatic N) is 1. The van der Waals surface area contributed by atoms with Crippen LogP contribution in [0, 0.1) is 11.3 Å². The van der Waals surface area contributed by atoms with E-state index in [-0.39, 0.29) is 17.5 Å². The number of amides is 1. The smallest absolute Gasteiger partial charge is 0.349 e. The second kappa shape index (κ2) is 8.81. The molecule has 0 radical (unpaired) electrons. The Labute approximate surface area is 158 Å². The van der Waals surface area contributed by atoms with Crippen molar-refractivity contribution in [2.24, 2.45) is 0 Å². The average molecular weight is 360 g/mol. The summed E-state index contributed by atoms with van der Waals surface area (Å²) in [5.41, 5.74) is 2.93. The first kappa shape index (κ1) is 18.4. The second-order valence-electron chi connectivity index (χ2n) is 6.37. The molecule has 0 saturated heterocycles. The number of ether oxygens (including phenoxy) is 1. The summed E-state index contributed by atoms with van der Waals surface area (Å²) in [6.07, 6.45) is 4.30. The number of carbonyl (C=O) groups excluding carboxylic acids is 2. The molecule has 1 amide bonds. The number of nitrogens with one attached hydrogen (secondary N) is 1. The molecule has 0 aliphatic heterocycles. The molecule has 0 fully saturated rings. The van der Waals surface area contributed by atoms with E-state index in [0.717, 1.165) is 24.8 Å². The fraction of sp³-hybridized carbons (Fsp3) is 0.227. The number of hydrogen-bond donors (Lipinski definition) is 1. The van der Waals surface area contributed by atoms with Crippen molar-refractivity contribution >= 4 is 18.0 Å². The summed E-state index contributed by atoms with van der Waals surface area (Å²) in [6, 6.07) is 18.8. The maximum atomic E-state index is 12.2. The van der Waals surface area contributed by atoms with E-state index >= 15 is 0 Å². The maximum absolute atomic E-state index is 12.2. The Morgan fingerprint density at radius 2 is 1.89 bits per heavy atom. The SMILES string of the molecule is N#CC(=Cc1ccccc1)C(=O)OCC(=O)NC1CCCc2ccccc21. The predicted molar refractivity (Wildman–Crippen MR) is 101 cm³/mol. The largest absolute Gasteiger partial charge is 0.451 e. The standard InChI is InChI=1S/C22H20N2O3/c23-14-18(13-16-7-2-1-3-8-16)22(26)27-15-21(25)24-20-12-6-10-17-9-4-5-11-19(17)20/h1-5,7-9,11,13,20H,6,10,12,15H2,(H,24,25). The molecule has 5 heteroatoms. The third-order valence-electron chi connectivity index (χ3n) is 4.49. The van der Waals surface area contributed by atoms with Crippen molar-refractivity contribution in [1.82, 2.24) is 5.32 Å². The zero-order valence-corrected chi connectivity index (χ0v) is 14.9. The monoisotopic (exact) mass is 360 g/mol. The van der Waals surface area contributed by atoms with Crippen LogP contribution >= 0.6 is 0 Å². The van der Waals surface area contributed by atoms with Crippen molar-refractivity contribution in [2.75, 3.05) is 6.61 Å². The van der Waals surface area contributed by atoms with Crippen LogP contribution in [0.2, 0.25) is 0 Å². The molecule has 3 rings (SSSR count). The molecule has 1 aliphatic carbocycles. The molecule has 1 N–H and O–H groups in total. The Hall–Kier alpha value is -3.39. The number of benzene rings is 2. The van der Waals surface area contributed by atoms with Gasteiger partial charge in [-0.1, -0.05) is 54.6 Å². The quantitative estimate of drug-likeness (QED) is 0.504. The van der Waals surface area contributed by atoms with Crippen LogP contribution in [0.15, 0.2) is 60.2 Å². The zero-order chi connectivity index (χ0) is 19.1. The zero-order valence-electron chi connectivity index (χ0n) is 14.9. The van der Waals surface area contributed by atoms with Crippen molar-refractivity contribution in [3.8, 4) is 6.07 Å². The van der Waals surface area contributed by atoms with Gasteiger partial charge in [-0.15, -0.1) is 0 Å². The summed E-state index contributed by atoms with van der Waals surface area (Å²) < 4.78 is 5.02. The van der Waals surface area contributed by atoms with Gasteiger partial charge in [-0.3, -0.25) is 4.79 Å². The summed E-state index contributed by atoms with van der Waals surface area (Å²) in [5.74, 6) is -1.18. The van der Waals surface area contributed by atoms with Crippen LogP contribution in [0.5, 0.6) is 0 Å². The Morgan fingerprint density at radius 3 is 2.67 bits per heavy atom. The predicted octanol–water partition coefficient (Wildman–Crippen LogP) is 3.33. The first-order chi connectivity index (χ1) is 13.2. The van der Waals surface area contributed by atoms with E-state index in [1.807, 2.05) is 42.5 Å². The number of fused-ring (bicyclic) bond motifs is 1. The first-order valence-electron chi connectivity index (χ1n) is 8.88. The summed E-state index contributed by atoms with van der Waals surface area (Å²) in [7, 11) is 0. The van der Waals surface area contributed by atoms with Gasteiger partial charge in [-0.25, -0.2) is 4.79 Å². The van der Waals surface area contributed by atoms with Gasteiger partial charge in [0, 0.05) is 0 Å². The van der Waals surface area contributed by atoms with Crippen molar-refractivity contribution < 1.29 is 14.3 Å². The van der Waals surface area contributed by atoms with Crippen LogP contribution < -0.4 is 5.32 Å². The Bertz CT molecular complexity index is 897. The van der Waals surface area contributed by atoms with E-state index in [4.69, 9.17) is 4.74 Å². The lowest BCUT2D eigenvalue weighted by atomic mass is 9.88. The van der Waals surface area contributed by atoms with Crippen LogP contribution in [-0.4, -0.2) is 18.5 Å². The van der Waals surface area contributed by atoms with Gasteiger partial charge in [-0.2, -0.15) is 5.26 Å². The number of rotatable bonds is 5.